The third-order valence-electron chi connectivity index (χ3n) is 1.82. The summed E-state index contributed by atoms with van der Waals surface area (Å²) in [6.07, 6.45) is -1.16. The summed E-state index contributed by atoms with van der Waals surface area (Å²) in [4.78, 5) is 11.4. The van der Waals surface area contributed by atoms with Gasteiger partial charge in [-0.2, -0.15) is 0 Å². The maximum atomic E-state index is 11.4. The molecule has 0 fully saturated rings. The van der Waals surface area contributed by atoms with Crippen LogP contribution in [-0.2, 0) is 4.79 Å². The highest BCUT2D eigenvalue weighted by atomic mass is 35.5. The van der Waals surface area contributed by atoms with Gasteiger partial charge in [-0.3, -0.25) is 4.79 Å². The zero-order chi connectivity index (χ0) is 11.3. The summed E-state index contributed by atoms with van der Waals surface area (Å²) < 4.78 is 0. The molecule has 0 aliphatic rings. The highest BCUT2D eigenvalue weighted by Gasteiger charge is 2.15. The van der Waals surface area contributed by atoms with Crippen LogP contribution in [-0.4, -0.2) is 17.6 Å². The van der Waals surface area contributed by atoms with Crippen LogP contribution in [0.3, 0.4) is 0 Å². The quantitative estimate of drug-likeness (QED) is 0.818. The van der Waals surface area contributed by atoms with E-state index in [-0.39, 0.29) is 6.54 Å². The minimum atomic E-state index is -1.16. The number of benzene rings is 1. The van der Waals surface area contributed by atoms with Crippen LogP contribution in [0.1, 0.15) is 11.7 Å². The van der Waals surface area contributed by atoms with E-state index in [0.29, 0.717) is 10.6 Å². The summed E-state index contributed by atoms with van der Waals surface area (Å²) in [7, 11) is 0. The van der Waals surface area contributed by atoms with E-state index in [2.05, 4.69) is 11.9 Å². The van der Waals surface area contributed by atoms with Gasteiger partial charge in [0, 0.05) is 5.03 Å². The Bertz CT molecular complexity index is 351. The van der Waals surface area contributed by atoms with Crippen molar-refractivity contribution < 1.29 is 9.90 Å². The molecule has 4 heteroatoms. The molecule has 0 saturated heterocycles. The van der Waals surface area contributed by atoms with Gasteiger partial charge in [-0.1, -0.05) is 48.5 Å². The summed E-state index contributed by atoms with van der Waals surface area (Å²) in [5.41, 5.74) is 0.551. The Hall–Kier alpha value is -1.32. The number of aliphatic hydroxyl groups excluding tert-OH is 1. The van der Waals surface area contributed by atoms with Crippen molar-refractivity contribution in [2.45, 2.75) is 6.10 Å². The van der Waals surface area contributed by atoms with E-state index in [1.165, 1.54) is 0 Å². The fourth-order valence-corrected chi connectivity index (χ4v) is 1.13. The Balaban J connectivity index is 2.57. The lowest BCUT2D eigenvalue weighted by atomic mass is 10.1. The Labute approximate surface area is 93.4 Å². The summed E-state index contributed by atoms with van der Waals surface area (Å²) in [5.74, 6) is -0.483. The third-order valence-corrected chi connectivity index (χ3v) is 1.95. The molecule has 1 unspecified atom stereocenters. The number of carbonyl (C=O) groups excluding carboxylic acids is 1. The van der Waals surface area contributed by atoms with E-state index in [1.807, 2.05) is 6.07 Å². The van der Waals surface area contributed by atoms with Gasteiger partial charge in [-0.15, -0.1) is 0 Å². The average Bonchev–Trinajstić information content (AvgIpc) is 2.26. The summed E-state index contributed by atoms with van der Waals surface area (Å²) in [6.45, 7) is 3.59. The molecule has 0 aliphatic carbocycles. The standard InChI is InChI=1S/C11H12ClNO2/c1-8(12)7-13-11(15)10(14)9-5-3-2-4-6-9/h2-6,10,14H,1,7H2,(H,13,15). The Morgan fingerprint density at radius 3 is 2.60 bits per heavy atom. The van der Waals surface area contributed by atoms with E-state index >= 15 is 0 Å². The van der Waals surface area contributed by atoms with Crippen LogP contribution in [0.15, 0.2) is 41.9 Å². The van der Waals surface area contributed by atoms with Gasteiger partial charge in [-0.05, 0) is 5.56 Å². The summed E-state index contributed by atoms with van der Waals surface area (Å²) in [5, 5.41) is 12.4. The molecule has 1 atom stereocenters. The van der Waals surface area contributed by atoms with Crippen LogP contribution in [0.2, 0.25) is 0 Å². The monoisotopic (exact) mass is 225 g/mol. The van der Waals surface area contributed by atoms with Crippen molar-refractivity contribution in [1.29, 1.82) is 0 Å². The molecule has 0 heterocycles. The molecule has 0 saturated carbocycles. The molecule has 0 aliphatic heterocycles. The van der Waals surface area contributed by atoms with Crippen molar-refractivity contribution in [3.63, 3.8) is 0 Å². The number of amides is 1. The van der Waals surface area contributed by atoms with Gasteiger partial charge in [0.25, 0.3) is 5.91 Å². The molecule has 1 rings (SSSR count). The van der Waals surface area contributed by atoms with Crippen molar-refractivity contribution in [3.8, 4) is 0 Å². The fourth-order valence-electron chi connectivity index (χ4n) is 1.07. The molecule has 80 valence electrons. The largest absolute Gasteiger partial charge is 0.378 e. The van der Waals surface area contributed by atoms with Gasteiger partial charge in [0.05, 0.1) is 6.54 Å². The van der Waals surface area contributed by atoms with E-state index in [9.17, 15) is 9.90 Å². The highest BCUT2D eigenvalue weighted by molar-refractivity contribution is 6.29. The molecule has 1 amide bonds. The molecule has 0 radical (unpaired) electrons. The zero-order valence-electron chi connectivity index (χ0n) is 8.11. The molecule has 15 heavy (non-hydrogen) atoms. The summed E-state index contributed by atoms with van der Waals surface area (Å²) >= 11 is 5.48. The van der Waals surface area contributed by atoms with E-state index in [0.717, 1.165) is 0 Å². The number of rotatable bonds is 4. The molecule has 0 spiro atoms. The summed E-state index contributed by atoms with van der Waals surface area (Å²) in [6, 6.07) is 8.69. The second-order valence-electron chi connectivity index (χ2n) is 3.05. The number of aliphatic hydroxyl groups is 1. The lowest BCUT2D eigenvalue weighted by molar-refractivity contribution is -0.129. The van der Waals surface area contributed by atoms with Crippen LogP contribution >= 0.6 is 11.6 Å². The van der Waals surface area contributed by atoms with Crippen molar-refractivity contribution in [2.75, 3.05) is 6.54 Å². The van der Waals surface area contributed by atoms with E-state index in [4.69, 9.17) is 11.6 Å². The minimum Gasteiger partial charge on any atom is -0.378 e. The Kier molecular flexibility index (Phi) is 4.34. The van der Waals surface area contributed by atoms with Gasteiger partial charge in [0.2, 0.25) is 0 Å². The van der Waals surface area contributed by atoms with Crippen LogP contribution < -0.4 is 5.32 Å². The second-order valence-corrected chi connectivity index (χ2v) is 3.58. The van der Waals surface area contributed by atoms with Gasteiger partial charge in [0.1, 0.15) is 0 Å². The SMILES string of the molecule is C=C(Cl)CNC(=O)C(O)c1ccccc1. The molecule has 1 aromatic carbocycles. The number of carbonyl (C=O) groups is 1. The first kappa shape index (κ1) is 11.8. The fraction of sp³-hybridized carbons (Fsp3) is 0.182. The molecular weight excluding hydrogens is 214 g/mol. The molecule has 3 nitrogen and oxygen atoms in total. The zero-order valence-corrected chi connectivity index (χ0v) is 8.87. The number of halogens is 1. The Morgan fingerprint density at radius 2 is 2.07 bits per heavy atom. The molecule has 1 aromatic rings. The van der Waals surface area contributed by atoms with Crippen LogP contribution in [0.25, 0.3) is 0 Å². The molecular formula is C11H12ClNO2. The Morgan fingerprint density at radius 1 is 1.47 bits per heavy atom. The van der Waals surface area contributed by atoms with Crippen molar-refractivity contribution >= 4 is 17.5 Å². The molecule has 0 aromatic heterocycles. The first-order chi connectivity index (χ1) is 7.11. The normalized spacial score (nSPS) is 11.9. The molecule has 2 N–H and O–H groups in total. The predicted molar refractivity (Wildman–Crippen MR) is 59.4 cm³/mol. The minimum absolute atomic E-state index is 0.157. The van der Waals surface area contributed by atoms with Gasteiger partial charge >= 0.3 is 0 Å². The van der Waals surface area contributed by atoms with Crippen molar-refractivity contribution in [3.05, 3.63) is 47.5 Å². The van der Waals surface area contributed by atoms with E-state index < -0.39 is 12.0 Å². The number of hydrogen-bond acceptors (Lipinski definition) is 2. The van der Waals surface area contributed by atoms with Crippen LogP contribution in [0.5, 0.6) is 0 Å². The maximum absolute atomic E-state index is 11.4. The van der Waals surface area contributed by atoms with Crippen molar-refractivity contribution in [1.82, 2.24) is 5.32 Å². The third kappa shape index (κ3) is 3.73. The lowest BCUT2D eigenvalue weighted by Gasteiger charge is -2.10. The van der Waals surface area contributed by atoms with Crippen LogP contribution in [0.4, 0.5) is 0 Å². The predicted octanol–water partition coefficient (Wildman–Crippen LogP) is 1.59. The van der Waals surface area contributed by atoms with E-state index in [1.54, 1.807) is 24.3 Å². The molecule has 0 bridgehead atoms. The number of hydrogen-bond donors (Lipinski definition) is 2. The smallest absolute Gasteiger partial charge is 0.253 e. The van der Waals surface area contributed by atoms with Gasteiger partial charge in [0.15, 0.2) is 6.10 Å². The van der Waals surface area contributed by atoms with Crippen LogP contribution in [0, 0.1) is 0 Å². The van der Waals surface area contributed by atoms with Gasteiger partial charge < -0.3 is 10.4 Å². The first-order valence-electron chi connectivity index (χ1n) is 4.45. The lowest BCUT2D eigenvalue weighted by Crippen LogP contribution is -2.30. The number of nitrogens with one attached hydrogen (secondary N) is 1. The van der Waals surface area contributed by atoms with Crippen molar-refractivity contribution in [2.24, 2.45) is 0 Å². The van der Waals surface area contributed by atoms with Gasteiger partial charge in [-0.25, -0.2) is 0 Å². The topological polar surface area (TPSA) is 49.3 Å². The second kappa shape index (κ2) is 5.53. The first-order valence-corrected chi connectivity index (χ1v) is 4.83. The highest BCUT2D eigenvalue weighted by Crippen LogP contribution is 2.11. The maximum Gasteiger partial charge on any atom is 0.253 e. The average molecular weight is 226 g/mol.